The van der Waals surface area contributed by atoms with Crippen LogP contribution in [0.2, 0.25) is 0 Å². The minimum atomic E-state index is -5.30. The van der Waals surface area contributed by atoms with E-state index in [9.17, 15) is 31.2 Å². The van der Waals surface area contributed by atoms with Crippen LogP contribution < -0.4 is 11.1 Å². The van der Waals surface area contributed by atoms with Crippen LogP contribution in [0.3, 0.4) is 0 Å². The van der Waals surface area contributed by atoms with Gasteiger partial charge in [-0.3, -0.25) is 4.79 Å². The van der Waals surface area contributed by atoms with Crippen molar-refractivity contribution in [3.8, 4) is 0 Å². The summed E-state index contributed by atoms with van der Waals surface area (Å²) in [6, 6.07) is 3.39. The van der Waals surface area contributed by atoms with Crippen molar-refractivity contribution in [2.75, 3.05) is 12.8 Å². The van der Waals surface area contributed by atoms with Gasteiger partial charge in [0.1, 0.15) is 0 Å². The van der Waals surface area contributed by atoms with Gasteiger partial charge in [-0.15, -0.1) is 0 Å². The average Bonchev–Trinajstić information content (AvgIpc) is 2.51. The summed E-state index contributed by atoms with van der Waals surface area (Å²) in [4.78, 5) is 22.3. The fourth-order valence-corrected chi connectivity index (χ4v) is 3.13. The van der Waals surface area contributed by atoms with Crippen LogP contribution >= 0.6 is 0 Å². The van der Waals surface area contributed by atoms with E-state index in [2.05, 4.69) is 10.1 Å². The third-order valence-corrected chi connectivity index (χ3v) is 5.01. The van der Waals surface area contributed by atoms with E-state index < -0.39 is 34.0 Å². The highest BCUT2D eigenvalue weighted by Crippen LogP contribution is 2.27. The highest BCUT2D eigenvalue weighted by molar-refractivity contribution is 7.91. The first-order chi connectivity index (χ1) is 11.4. The van der Waals surface area contributed by atoms with Crippen LogP contribution in [0, 0.1) is 0 Å². The van der Waals surface area contributed by atoms with Gasteiger partial charge in [0, 0.05) is 12.1 Å². The molecule has 11 heteroatoms. The van der Waals surface area contributed by atoms with Gasteiger partial charge in [-0.2, -0.15) is 13.2 Å². The zero-order valence-electron chi connectivity index (χ0n) is 13.4. The molecule has 1 unspecified atom stereocenters. The molecule has 1 aromatic carbocycles. The molecule has 140 valence electrons. The van der Waals surface area contributed by atoms with E-state index in [1.807, 2.05) is 0 Å². The molecule has 1 amide bonds. The number of nitrogens with two attached hydrogens (primary N) is 1. The topological polar surface area (TPSA) is 116 Å². The summed E-state index contributed by atoms with van der Waals surface area (Å²) in [7, 11) is -2.07. The minimum Gasteiger partial charge on any atom is -0.441 e. The Morgan fingerprint density at radius 2 is 1.92 bits per heavy atom. The molecule has 1 rings (SSSR count). The lowest BCUT2D eigenvalue weighted by atomic mass is 10.1. The SMILES string of the molecule is CCS(=O)(=O)c1ccc(C(OC(=O)C(F)(F)F)C(N)=O)cc1CNC. The molecule has 0 heterocycles. The van der Waals surface area contributed by atoms with E-state index in [1.54, 1.807) is 0 Å². The van der Waals surface area contributed by atoms with E-state index >= 15 is 0 Å². The second-order valence-electron chi connectivity index (χ2n) is 4.99. The maximum absolute atomic E-state index is 12.3. The van der Waals surface area contributed by atoms with Gasteiger partial charge in [-0.05, 0) is 24.7 Å². The van der Waals surface area contributed by atoms with E-state index in [4.69, 9.17) is 5.73 Å². The van der Waals surface area contributed by atoms with Crippen molar-refractivity contribution in [2.45, 2.75) is 30.6 Å². The summed E-state index contributed by atoms with van der Waals surface area (Å²) < 4.78 is 65.3. The summed E-state index contributed by atoms with van der Waals surface area (Å²) in [5.74, 6) is -4.08. The Labute approximate surface area is 142 Å². The van der Waals surface area contributed by atoms with Gasteiger partial charge in [-0.1, -0.05) is 13.0 Å². The molecule has 0 fully saturated rings. The second kappa shape index (κ2) is 7.83. The van der Waals surface area contributed by atoms with Crippen LogP contribution in [0.4, 0.5) is 13.2 Å². The number of ether oxygens (including phenoxy) is 1. The molecular formula is C14H17F3N2O5S. The lowest BCUT2D eigenvalue weighted by Crippen LogP contribution is -2.32. The van der Waals surface area contributed by atoms with Gasteiger partial charge < -0.3 is 15.8 Å². The van der Waals surface area contributed by atoms with Crippen LogP contribution in [-0.2, 0) is 30.7 Å². The maximum Gasteiger partial charge on any atom is 0.490 e. The Balaban J connectivity index is 3.36. The molecule has 0 radical (unpaired) electrons. The quantitative estimate of drug-likeness (QED) is 0.675. The van der Waals surface area contributed by atoms with Gasteiger partial charge in [0.25, 0.3) is 5.91 Å². The average molecular weight is 382 g/mol. The van der Waals surface area contributed by atoms with Crippen molar-refractivity contribution in [3.05, 3.63) is 29.3 Å². The molecule has 0 aliphatic rings. The van der Waals surface area contributed by atoms with Gasteiger partial charge in [0.15, 0.2) is 9.84 Å². The molecule has 0 saturated heterocycles. The normalized spacial score (nSPS) is 13.3. The predicted octanol–water partition coefficient (Wildman–Crippen LogP) is 0.832. The molecular weight excluding hydrogens is 365 g/mol. The molecule has 0 saturated carbocycles. The van der Waals surface area contributed by atoms with Crippen LogP contribution in [-0.4, -0.2) is 39.3 Å². The summed E-state index contributed by atoms with van der Waals surface area (Å²) in [5, 5.41) is 2.71. The number of hydrogen-bond donors (Lipinski definition) is 2. The monoisotopic (exact) mass is 382 g/mol. The first-order valence-electron chi connectivity index (χ1n) is 7.01. The molecule has 0 bridgehead atoms. The number of amides is 1. The number of esters is 1. The summed E-state index contributed by atoms with van der Waals surface area (Å²) in [6.45, 7) is 1.49. The number of benzene rings is 1. The lowest BCUT2D eigenvalue weighted by molar-refractivity contribution is -0.205. The Hall–Kier alpha value is -2.14. The van der Waals surface area contributed by atoms with Gasteiger partial charge in [-0.25, -0.2) is 13.2 Å². The molecule has 0 aliphatic carbocycles. The van der Waals surface area contributed by atoms with Crippen molar-refractivity contribution in [3.63, 3.8) is 0 Å². The number of primary amides is 1. The molecule has 25 heavy (non-hydrogen) atoms. The fourth-order valence-electron chi connectivity index (χ4n) is 2.01. The molecule has 1 aromatic rings. The van der Waals surface area contributed by atoms with Gasteiger partial charge in [0.2, 0.25) is 6.10 Å². The molecule has 0 spiro atoms. The number of alkyl halides is 3. The largest absolute Gasteiger partial charge is 0.490 e. The zero-order chi connectivity index (χ0) is 19.4. The Morgan fingerprint density at radius 1 is 1.32 bits per heavy atom. The molecule has 0 aromatic heterocycles. The van der Waals surface area contributed by atoms with Crippen LogP contribution in [0.1, 0.15) is 24.2 Å². The maximum atomic E-state index is 12.3. The molecule has 3 N–H and O–H groups in total. The van der Waals surface area contributed by atoms with E-state index in [0.717, 1.165) is 18.2 Å². The second-order valence-corrected chi connectivity index (χ2v) is 7.23. The van der Waals surface area contributed by atoms with Crippen molar-refractivity contribution < 1.29 is 35.9 Å². The smallest absolute Gasteiger partial charge is 0.441 e. The lowest BCUT2D eigenvalue weighted by Gasteiger charge is -2.18. The highest BCUT2D eigenvalue weighted by Gasteiger charge is 2.43. The number of halogens is 3. The van der Waals surface area contributed by atoms with Gasteiger partial charge in [0.05, 0.1) is 10.6 Å². The number of hydrogen-bond acceptors (Lipinski definition) is 6. The third kappa shape index (κ3) is 5.16. The molecule has 0 aliphatic heterocycles. The van der Waals surface area contributed by atoms with Crippen LogP contribution in [0.15, 0.2) is 23.1 Å². The number of sulfone groups is 1. The van der Waals surface area contributed by atoms with Crippen molar-refractivity contribution in [1.82, 2.24) is 5.32 Å². The third-order valence-electron chi connectivity index (χ3n) is 3.18. The zero-order valence-corrected chi connectivity index (χ0v) is 14.2. The number of carbonyl (C=O) groups excluding carboxylic acids is 2. The van der Waals surface area contributed by atoms with E-state index in [0.29, 0.717) is 0 Å². The predicted molar refractivity (Wildman–Crippen MR) is 81.0 cm³/mol. The first-order valence-corrected chi connectivity index (χ1v) is 8.66. The summed E-state index contributed by atoms with van der Waals surface area (Å²) >= 11 is 0. The number of carbonyl (C=O) groups is 2. The minimum absolute atomic E-state index is 0.0431. The van der Waals surface area contributed by atoms with Crippen molar-refractivity contribution in [1.29, 1.82) is 0 Å². The standard InChI is InChI=1S/C14H17F3N2O5S/c1-3-25(22,23)10-5-4-8(6-9(10)7-19-2)11(12(18)20)24-13(21)14(15,16)17/h4-6,11,19H,3,7H2,1-2H3,(H2,18,20). The van der Waals surface area contributed by atoms with E-state index in [1.165, 1.54) is 14.0 Å². The van der Waals surface area contributed by atoms with Crippen molar-refractivity contribution in [2.24, 2.45) is 5.73 Å². The summed E-state index contributed by atoms with van der Waals surface area (Å²) in [5.41, 5.74) is 5.06. The Morgan fingerprint density at radius 3 is 2.36 bits per heavy atom. The summed E-state index contributed by atoms with van der Waals surface area (Å²) in [6.07, 6.45) is -7.30. The number of rotatable bonds is 7. The van der Waals surface area contributed by atoms with Crippen LogP contribution in [0.5, 0.6) is 0 Å². The fraction of sp³-hybridized carbons (Fsp3) is 0.429. The highest BCUT2D eigenvalue weighted by atomic mass is 32.2. The molecule has 1 atom stereocenters. The Bertz CT molecular complexity index is 762. The first kappa shape index (κ1) is 20.9. The van der Waals surface area contributed by atoms with Crippen molar-refractivity contribution >= 4 is 21.7 Å². The Kier molecular flexibility index (Phi) is 6.54. The molecule has 7 nitrogen and oxygen atoms in total. The van der Waals surface area contributed by atoms with Gasteiger partial charge >= 0.3 is 12.1 Å². The van der Waals surface area contributed by atoms with E-state index in [-0.39, 0.29) is 28.3 Å². The van der Waals surface area contributed by atoms with Crippen LogP contribution in [0.25, 0.3) is 0 Å². The number of nitrogens with one attached hydrogen (secondary N) is 1.